The lowest BCUT2D eigenvalue weighted by molar-refractivity contribution is 0.404. The molecule has 0 atom stereocenters. The molecule has 0 aliphatic heterocycles. The van der Waals surface area contributed by atoms with E-state index in [2.05, 4.69) is 5.32 Å². The Hall–Kier alpha value is -0.770. The zero-order valence-electron chi connectivity index (χ0n) is 10.9. The number of nitrogens with two attached hydrogens (primary N) is 1. The lowest BCUT2D eigenvalue weighted by atomic mass is 10.1. The Morgan fingerprint density at radius 2 is 2.06 bits per heavy atom. The van der Waals surface area contributed by atoms with Crippen LogP contribution in [0, 0.1) is 6.92 Å². The summed E-state index contributed by atoms with van der Waals surface area (Å²) in [4.78, 5) is 0. The number of halogens is 1. The van der Waals surface area contributed by atoms with E-state index in [1.165, 1.54) is 0 Å². The second-order valence-electron chi connectivity index (χ2n) is 5.01. The van der Waals surface area contributed by atoms with Crippen molar-refractivity contribution in [2.75, 3.05) is 13.7 Å². The molecule has 3 nitrogen and oxygen atoms in total. The highest BCUT2D eigenvalue weighted by Crippen LogP contribution is 2.26. The lowest BCUT2D eigenvalue weighted by Gasteiger charge is -2.19. The summed E-state index contributed by atoms with van der Waals surface area (Å²) < 4.78 is 5.33. The smallest absolute Gasteiger partial charge is 0.123 e. The molecule has 0 radical (unpaired) electrons. The minimum Gasteiger partial charge on any atom is -0.496 e. The van der Waals surface area contributed by atoms with Gasteiger partial charge in [-0.3, -0.25) is 0 Å². The van der Waals surface area contributed by atoms with E-state index in [1.54, 1.807) is 7.11 Å². The molecule has 0 bridgehead atoms. The van der Waals surface area contributed by atoms with Crippen molar-refractivity contribution in [1.82, 2.24) is 5.32 Å². The molecule has 1 rings (SSSR count). The third-order valence-corrected chi connectivity index (χ3v) is 2.86. The standard InChI is InChI=1S/C13H21ClN2O/c1-9-5-12(17-4)10(6-11(9)14)7-16-8-13(2,3)15/h5-6,16H,7-8,15H2,1-4H3. The fraction of sp³-hybridized carbons (Fsp3) is 0.538. The first-order valence-corrected chi connectivity index (χ1v) is 6.04. The van der Waals surface area contributed by atoms with Crippen molar-refractivity contribution in [2.24, 2.45) is 5.73 Å². The molecule has 1 aromatic carbocycles. The van der Waals surface area contributed by atoms with E-state index in [1.807, 2.05) is 32.9 Å². The summed E-state index contributed by atoms with van der Waals surface area (Å²) in [6.07, 6.45) is 0. The summed E-state index contributed by atoms with van der Waals surface area (Å²) in [5.74, 6) is 0.856. The van der Waals surface area contributed by atoms with Crippen LogP contribution in [0.3, 0.4) is 0 Å². The Labute approximate surface area is 108 Å². The van der Waals surface area contributed by atoms with Gasteiger partial charge >= 0.3 is 0 Å². The lowest BCUT2D eigenvalue weighted by Crippen LogP contribution is -2.42. The third-order valence-electron chi connectivity index (χ3n) is 2.46. The van der Waals surface area contributed by atoms with Crippen molar-refractivity contribution >= 4 is 11.6 Å². The second-order valence-corrected chi connectivity index (χ2v) is 5.41. The van der Waals surface area contributed by atoms with E-state index >= 15 is 0 Å². The molecule has 0 fully saturated rings. The van der Waals surface area contributed by atoms with Crippen molar-refractivity contribution in [3.8, 4) is 5.75 Å². The molecule has 0 saturated heterocycles. The summed E-state index contributed by atoms with van der Waals surface area (Å²) in [6.45, 7) is 7.37. The van der Waals surface area contributed by atoms with Gasteiger partial charge in [0.2, 0.25) is 0 Å². The molecule has 0 heterocycles. The molecule has 96 valence electrons. The topological polar surface area (TPSA) is 47.3 Å². The van der Waals surface area contributed by atoms with Crippen LogP contribution >= 0.6 is 11.6 Å². The number of hydrogen-bond donors (Lipinski definition) is 2. The van der Waals surface area contributed by atoms with Gasteiger partial charge in [0.05, 0.1) is 7.11 Å². The molecule has 0 aliphatic carbocycles. The summed E-state index contributed by atoms with van der Waals surface area (Å²) in [7, 11) is 1.67. The van der Waals surface area contributed by atoms with Gasteiger partial charge in [-0.2, -0.15) is 0 Å². The van der Waals surface area contributed by atoms with Crippen LogP contribution in [-0.2, 0) is 6.54 Å². The molecule has 1 aromatic rings. The zero-order chi connectivity index (χ0) is 13.1. The SMILES string of the molecule is COc1cc(C)c(Cl)cc1CNCC(C)(C)N. The van der Waals surface area contributed by atoms with E-state index < -0.39 is 0 Å². The minimum absolute atomic E-state index is 0.221. The fourth-order valence-electron chi connectivity index (χ4n) is 1.54. The number of hydrogen-bond acceptors (Lipinski definition) is 3. The molecule has 4 heteroatoms. The first-order chi connectivity index (χ1) is 7.83. The quantitative estimate of drug-likeness (QED) is 0.851. The molecule has 0 aliphatic rings. The van der Waals surface area contributed by atoms with Crippen molar-refractivity contribution < 1.29 is 4.74 Å². The predicted molar refractivity (Wildman–Crippen MR) is 72.7 cm³/mol. The van der Waals surface area contributed by atoms with E-state index in [9.17, 15) is 0 Å². The Morgan fingerprint density at radius 1 is 1.41 bits per heavy atom. The molecule has 0 unspecified atom stereocenters. The molecule has 17 heavy (non-hydrogen) atoms. The first kappa shape index (κ1) is 14.3. The van der Waals surface area contributed by atoms with Crippen LogP contribution in [-0.4, -0.2) is 19.2 Å². The fourth-order valence-corrected chi connectivity index (χ4v) is 1.73. The Morgan fingerprint density at radius 3 is 2.59 bits per heavy atom. The van der Waals surface area contributed by atoms with Crippen LogP contribution in [0.5, 0.6) is 5.75 Å². The molecule has 0 amide bonds. The molecular weight excluding hydrogens is 236 g/mol. The number of benzene rings is 1. The third kappa shape index (κ3) is 4.54. The largest absolute Gasteiger partial charge is 0.496 e. The van der Waals surface area contributed by atoms with Gasteiger partial charge in [-0.05, 0) is 38.5 Å². The van der Waals surface area contributed by atoms with Crippen LogP contribution < -0.4 is 15.8 Å². The molecule has 0 aromatic heterocycles. The Balaban J connectivity index is 2.73. The van der Waals surface area contributed by atoms with Gasteiger partial charge in [-0.15, -0.1) is 0 Å². The second kappa shape index (κ2) is 5.71. The first-order valence-electron chi connectivity index (χ1n) is 5.66. The van der Waals surface area contributed by atoms with Crippen LogP contribution in [0.25, 0.3) is 0 Å². The maximum atomic E-state index is 6.10. The van der Waals surface area contributed by atoms with Gasteiger partial charge in [0, 0.05) is 29.2 Å². The maximum absolute atomic E-state index is 6.10. The van der Waals surface area contributed by atoms with E-state index in [0.717, 1.165) is 28.4 Å². The van der Waals surface area contributed by atoms with Gasteiger partial charge in [-0.1, -0.05) is 11.6 Å². The van der Waals surface area contributed by atoms with E-state index in [0.29, 0.717) is 6.54 Å². The number of ether oxygens (including phenoxy) is 1. The number of nitrogens with one attached hydrogen (secondary N) is 1. The maximum Gasteiger partial charge on any atom is 0.123 e. The Kier molecular flexibility index (Phi) is 4.80. The van der Waals surface area contributed by atoms with Crippen molar-refractivity contribution in [2.45, 2.75) is 32.9 Å². The number of rotatable bonds is 5. The predicted octanol–water partition coefficient (Wildman–Crippen LogP) is 2.48. The van der Waals surface area contributed by atoms with Crippen molar-refractivity contribution in [3.05, 3.63) is 28.3 Å². The summed E-state index contributed by atoms with van der Waals surface area (Å²) in [5.41, 5.74) is 7.75. The average molecular weight is 257 g/mol. The van der Waals surface area contributed by atoms with Crippen LogP contribution in [0.4, 0.5) is 0 Å². The summed E-state index contributed by atoms with van der Waals surface area (Å²) >= 11 is 6.10. The highest BCUT2D eigenvalue weighted by Gasteiger charge is 2.11. The van der Waals surface area contributed by atoms with Gasteiger partial charge in [0.15, 0.2) is 0 Å². The van der Waals surface area contributed by atoms with Gasteiger partial charge < -0.3 is 15.8 Å². The molecular formula is C13H21ClN2O. The van der Waals surface area contributed by atoms with Crippen LogP contribution in [0.2, 0.25) is 5.02 Å². The molecule has 0 saturated carbocycles. The number of aryl methyl sites for hydroxylation is 1. The Bertz CT molecular complexity index is 386. The van der Waals surface area contributed by atoms with Gasteiger partial charge in [0.1, 0.15) is 5.75 Å². The van der Waals surface area contributed by atoms with Gasteiger partial charge in [0.25, 0.3) is 0 Å². The van der Waals surface area contributed by atoms with Crippen LogP contribution in [0.15, 0.2) is 12.1 Å². The van der Waals surface area contributed by atoms with E-state index in [4.69, 9.17) is 22.1 Å². The van der Waals surface area contributed by atoms with E-state index in [-0.39, 0.29) is 5.54 Å². The summed E-state index contributed by atoms with van der Waals surface area (Å²) in [5, 5.41) is 4.06. The molecule has 0 spiro atoms. The van der Waals surface area contributed by atoms with Crippen molar-refractivity contribution in [1.29, 1.82) is 0 Å². The molecule has 3 N–H and O–H groups in total. The number of methoxy groups -OCH3 is 1. The highest BCUT2D eigenvalue weighted by molar-refractivity contribution is 6.31. The van der Waals surface area contributed by atoms with Gasteiger partial charge in [-0.25, -0.2) is 0 Å². The van der Waals surface area contributed by atoms with Crippen molar-refractivity contribution in [3.63, 3.8) is 0 Å². The highest BCUT2D eigenvalue weighted by atomic mass is 35.5. The summed E-state index contributed by atoms with van der Waals surface area (Å²) in [6, 6.07) is 3.89. The van der Waals surface area contributed by atoms with Crippen LogP contribution in [0.1, 0.15) is 25.0 Å². The normalized spacial score (nSPS) is 11.6. The monoisotopic (exact) mass is 256 g/mol. The zero-order valence-corrected chi connectivity index (χ0v) is 11.7. The minimum atomic E-state index is -0.221. The average Bonchev–Trinajstić information content (AvgIpc) is 2.21.